The maximum absolute atomic E-state index is 13.4. The minimum Gasteiger partial charge on any atom is -0.380 e. The van der Waals surface area contributed by atoms with Crippen LogP contribution in [0.25, 0.3) is 0 Å². The van der Waals surface area contributed by atoms with E-state index in [1.807, 2.05) is 19.1 Å². The molecule has 1 N–H and O–H groups in total. The van der Waals surface area contributed by atoms with Crippen LogP contribution in [0.2, 0.25) is 0 Å². The second-order valence-electron chi connectivity index (χ2n) is 3.97. The Hall–Kier alpha value is -0.930. The highest BCUT2D eigenvalue weighted by atomic mass is 19.1. The molecule has 0 spiro atoms. The summed E-state index contributed by atoms with van der Waals surface area (Å²) in [6.45, 7) is 3.52. The molecule has 1 unspecified atom stereocenters. The summed E-state index contributed by atoms with van der Waals surface area (Å²) in [5.74, 6) is -0.142. The van der Waals surface area contributed by atoms with E-state index >= 15 is 0 Å². The standard InChI is InChI=1S/C12H16FNO/c1-9(14-10-6-7-15-8-10)11-4-2-3-5-12(11)13/h2-5,9-10,14H,6-8H2,1H3/t9-,10?/m1/s1. The number of nitrogens with one attached hydrogen (secondary N) is 1. The molecule has 1 aliphatic rings. The van der Waals surface area contributed by atoms with Crippen molar-refractivity contribution in [2.45, 2.75) is 25.4 Å². The Labute approximate surface area is 89.4 Å². The molecule has 2 atom stereocenters. The average Bonchev–Trinajstić information content (AvgIpc) is 2.71. The zero-order valence-electron chi connectivity index (χ0n) is 8.87. The first-order valence-electron chi connectivity index (χ1n) is 5.35. The lowest BCUT2D eigenvalue weighted by Crippen LogP contribution is -2.32. The second-order valence-corrected chi connectivity index (χ2v) is 3.97. The Morgan fingerprint density at radius 1 is 1.47 bits per heavy atom. The SMILES string of the molecule is C[C@@H](NC1CCOC1)c1ccccc1F. The van der Waals surface area contributed by atoms with Crippen LogP contribution in [0.4, 0.5) is 4.39 Å². The quantitative estimate of drug-likeness (QED) is 0.824. The van der Waals surface area contributed by atoms with Crippen LogP contribution in [-0.4, -0.2) is 19.3 Å². The van der Waals surface area contributed by atoms with E-state index in [2.05, 4.69) is 5.32 Å². The van der Waals surface area contributed by atoms with E-state index in [0.717, 1.165) is 25.2 Å². The maximum atomic E-state index is 13.4. The molecule has 3 heteroatoms. The molecule has 0 amide bonds. The van der Waals surface area contributed by atoms with Crippen LogP contribution in [0.3, 0.4) is 0 Å². The summed E-state index contributed by atoms with van der Waals surface area (Å²) in [7, 11) is 0. The Morgan fingerprint density at radius 3 is 2.93 bits per heavy atom. The third kappa shape index (κ3) is 2.55. The number of ether oxygens (including phenoxy) is 1. The largest absolute Gasteiger partial charge is 0.380 e. The van der Waals surface area contributed by atoms with Gasteiger partial charge in [-0.1, -0.05) is 18.2 Å². The molecule has 0 bridgehead atoms. The first-order chi connectivity index (χ1) is 7.27. The fourth-order valence-electron chi connectivity index (χ4n) is 1.94. The zero-order chi connectivity index (χ0) is 10.7. The van der Waals surface area contributed by atoms with Gasteiger partial charge >= 0.3 is 0 Å². The molecule has 1 aliphatic heterocycles. The zero-order valence-corrected chi connectivity index (χ0v) is 8.87. The highest BCUT2D eigenvalue weighted by Crippen LogP contribution is 2.18. The van der Waals surface area contributed by atoms with E-state index in [1.165, 1.54) is 6.07 Å². The Morgan fingerprint density at radius 2 is 2.27 bits per heavy atom. The minimum atomic E-state index is -0.142. The molecule has 0 radical (unpaired) electrons. The minimum absolute atomic E-state index is 0.0397. The molecule has 82 valence electrons. The lowest BCUT2D eigenvalue weighted by molar-refractivity contribution is 0.188. The van der Waals surface area contributed by atoms with Crippen molar-refractivity contribution in [1.29, 1.82) is 0 Å². The highest BCUT2D eigenvalue weighted by Gasteiger charge is 2.19. The number of halogens is 1. The van der Waals surface area contributed by atoms with Crippen molar-refractivity contribution in [1.82, 2.24) is 5.32 Å². The van der Waals surface area contributed by atoms with E-state index in [9.17, 15) is 4.39 Å². The van der Waals surface area contributed by atoms with Gasteiger partial charge in [-0.2, -0.15) is 0 Å². The van der Waals surface area contributed by atoms with Crippen LogP contribution < -0.4 is 5.32 Å². The number of hydrogen-bond donors (Lipinski definition) is 1. The van der Waals surface area contributed by atoms with Crippen molar-refractivity contribution < 1.29 is 9.13 Å². The van der Waals surface area contributed by atoms with Gasteiger partial charge in [0.05, 0.1) is 6.61 Å². The van der Waals surface area contributed by atoms with Crippen LogP contribution in [0, 0.1) is 5.82 Å². The van der Waals surface area contributed by atoms with Crippen LogP contribution >= 0.6 is 0 Å². The van der Waals surface area contributed by atoms with Gasteiger partial charge in [-0.25, -0.2) is 4.39 Å². The molecule has 0 aromatic heterocycles. The normalized spacial score (nSPS) is 22.9. The fraction of sp³-hybridized carbons (Fsp3) is 0.500. The van der Waals surface area contributed by atoms with Crippen LogP contribution in [-0.2, 0) is 4.74 Å². The van der Waals surface area contributed by atoms with Crippen molar-refractivity contribution in [3.63, 3.8) is 0 Å². The van der Waals surface area contributed by atoms with E-state index in [4.69, 9.17) is 4.74 Å². The maximum Gasteiger partial charge on any atom is 0.127 e. The van der Waals surface area contributed by atoms with Crippen LogP contribution in [0.1, 0.15) is 24.9 Å². The molecule has 1 aromatic rings. The first-order valence-corrected chi connectivity index (χ1v) is 5.35. The summed E-state index contributed by atoms with van der Waals surface area (Å²) in [5, 5.41) is 3.37. The van der Waals surface area contributed by atoms with Gasteiger partial charge in [0.1, 0.15) is 5.82 Å². The first kappa shape index (κ1) is 10.6. The summed E-state index contributed by atoms with van der Waals surface area (Å²) < 4.78 is 18.7. The number of benzene rings is 1. The van der Waals surface area contributed by atoms with E-state index < -0.39 is 0 Å². The molecule has 2 rings (SSSR count). The summed E-state index contributed by atoms with van der Waals surface area (Å²) in [6.07, 6.45) is 1.01. The van der Waals surface area contributed by atoms with E-state index in [1.54, 1.807) is 6.07 Å². The molecule has 1 fully saturated rings. The van der Waals surface area contributed by atoms with Gasteiger partial charge in [-0.05, 0) is 19.4 Å². The number of hydrogen-bond acceptors (Lipinski definition) is 2. The van der Waals surface area contributed by atoms with Crippen molar-refractivity contribution in [3.05, 3.63) is 35.6 Å². The van der Waals surface area contributed by atoms with Crippen LogP contribution in [0.5, 0.6) is 0 Å². The average molecular weight is 209 g/mol. The highest BCUT2D eigenvalue weighted by molar-refractivity contribution is 5.20. The Kier molecular flexibility index (Phi) is 3.34. The summed E-state index contributed by atoms with van der Waals surface area (Å²) in [6, 6.07) is 7.30. The van der Waals surface area contributed by atoms with Crippen molar-refractivity contribution >= 4 is 0 Å². The molecule has 1 saturated heterocycles. The molecule has 0 saturated carbocycles. The topological polar surface area (TPSA) is 21.3 Å². The second kappa shape index (κ2) is 4.73. The molecular weight excluding hydrogens is 193 g/mol. The predicted octanol–water partition coefficient (Wildman–Crippen LogP) is 2.27. The van der Waals surface area contributed by atoms with Gasteiger partial charge in [-0.3, -0.25) is 0 Å². The molecule has 15 heavy (non-hydrogen) atoms. The Balaban J connectivity index is 2.00. The number of rotatable bonds is 3. The molecular formula is C12H16FNO. The van der Waals surface area contributed by atoms with Gasteiger partial charge in [0.15, 0.2) is 0 Å². The third-order valence-electron chi connectivity index (χ3n) is 2.79. The van der Waals surface area contributed by atoms with Gasteiger partial charge in [0.25, 0.3) is 0 Å². The summed E-state index contributed by atoms with van der Waals surface area (Å²) in [5.41, 5.74) is 0.726. The summed E-state index contributed by atoms with van der Waals surface area (Å²) >= 11 is 0. The van der Waals surface area contributed by atoms with Gasteiger partial charge in [-0.15, -0.1) is 0 Å². The smallest absolute Gasteiger partial charge is 0.127 e. The molecule has 2 nitrogen and oxygen atoms in total. The lowest BCUT2D eigenvalue weighted by atomic mass is 10.1. The van der Waals surface area contributed by atoms with Crippen molar-refractivity contribution in [2.75, 3.05) is 13.2 Å². The van der Waals surface area contributed by atoms with Gasteiger partial charge in [0, 0.05) is 24.3 Å². The predicted molar refractivity (Wildman–Crippen MR) is 57.2 cm³/mol. The van der Waals surface area contributed by atoms with Crippen molar-refractivity contribution in [3.8, 4) is 0 Å². The van der Waals surface area contributed by atoms with Gasteiger partial charge in [0.2, 0.25) is 0 Å². The van der Waals surface area contributed by atoms with E-state index in [0.29, 0.717) is 6.04 Å². The molecule has 0 aliphatic carbocycles. The lowest BCUT2D eigenvalue weighted by Gasteiger charge is -2.18. The molecule has 1 heterocycles. The third-order valence-corrected chi connectivity index (χ3v) is 2.79. The van der Waals surface area contributed by atoms with Crippen molar-refractivity contribution in [2.24, 2.45) is 0 Å². The fourth-order valence-corrected chi connectivity index (χ4v) is 1.94. The monoisotopic (exact) mass is 209 g/mol. The van der Waals surface area contributed by atoms with E-state index in [-0.39, 0.29) is 11.9 Å². The van der Waals surface area contributed by atoms with Gasteiger partial charge < -0.3 is 10.1 Å². The summed E-state index contributed by atoms with van der Waals surface area (Å²) in [4.78, 5) is 0. The van der Waals surface area contributed by atoms with Crippen LogP contribution in [0.15, 0.2) is 24.3 Å². The molecule has 1 aromatic carbocycles. The Bertz CT molecular complexity index is 323.